The lowest BCUT2D eigenvalue weighted by Gasteiger charge is -2.27. The Morgan fingerprint density at radius 1 is 1.48 bits per heavy atom. The number of Topliss-reactive ketones (excluding diaryl/α,β-unsaturated/α-hetero) is 1. The number of hydrogen-bond acceptors (Lipinski definition) is 4. The van der Waals surface area contributed by atoms with E-state index in [2.05, 4.69) is 15.3 Å². The number of alkyl halides is 1. The van der Waals surface area contributed by atoms with Gasteiger partial charge in [-0.05, 0) is 31.0 Å². The fourth-order valence-electron chi connectivity index (χ4n) is 1.70. The predicted octanol–water partition coefficient (Wildman–Crippen LogP) is 2.37. The number of halogens is 1. The van der Waals surface area contributed by atoms with E-state index in [1.54, 1.807) is 31.2 Å². The van der Waals surface area contributed by atoms with Gasteiger partial charge in [0.2, 0.25) is 0 Å². The number of nitrogens with zero attached hydrogens (tertiary/aromatic N) is 1. The first-order chi connectivity index (χ1) is 9.96. The maximum atomic E-state index is 12.3. The van der Waals surface area contributed by atoms with Crippen LogP contribution in [0, 0.1) is 0 Å². The zero-order valence-electron chi connectivity index (χ0n) is 12.4. The van der Waals surface area contributed by atoms with E-state index < -0.39 is 5.54 Å². The molecule has 1 aromatic rings. The van der Waals surface area contributed by atoms with Crippen LogP contribution >= 0.6 is 11.6 Å². The third-order valence-electron chi connectivity index (χ3n) is 3.29. The monoisotopic (exact) mass is 310 g/mol. The molecule has 0 heterocycles. The van der Waals surface area contributed by atoms with Gasteiger partial charge in [-0.1, -0.05) is 24.2 Å². The molecule has 1 unspecified atom stereocenters. The van der Waals surface area contributed by atoms with Gasteiger partial charge in [0.05, 0.1) is 17.6 Å². The lowest BCUT2D eigenvalue weighted by atomic mass is 9.93. The average molecular weight is 311 g/mol. The number of oxime groups is 1. The molecule has 1 amide bonds. The number of carbonyl (C=O) groups is 2. The van der Waals surface area contributed by atoms with Gasteiger partial charge >= 0.3 is 0 Å². The molecule has 0 aromatic heterocycles. The highest BCUT2D eigenvalue weighted by molar-refractivity contribution is 6.29. The average Bonchev–Trinajstić information content (AvgIpc) is 2.52. The second-order valence-electron chi connectivity index (χ2n) is 4.74. The number of nitrogens with one attached hydrogen (secondary N) is 1. The maximum Gasteiger partial charge on any atom is 0.252 e. The minimum atomic E-state index is -0.963. The van der Waals surface area contributed by atoms with Crippen LogP contribution in [0.15, 0.2) is 29.4 Å². The number of hydrogen-bond donors (Lipinski definition) is 1. The van der Waals surface area contributed by atoms with Crippen molar-refractivity contribution in [3.8, 4) is 0 Å². The van der Waals surface area contributed by atoms with Crippen LogP contribution in [-0.4, -0.2) is 36.4 Å². The van der Waals surface area contributed by atoms with Crippen molar-refractivity contribution >= 4 is 29.5 Å². The highest BCUT2D eigenvalue weighted by Gasteiger charge is 2.32. The van der Waals surface area contributed by atoms with Gasteiger partial charge in [0.15, 0.2) is 5.78 Å². The summed E-state index contributed by atoms with van der Waals surface area (Å²) in [5.74, 6) is -0.673. The molecule has 0 saturated heterocycles. The summed E-state index contributed by atoms with van der Waals surface area (Å²) < 4.78 is 0. The van der Waals surface area contributed by atoms with E-state index in [0.29, 0.717) is 12.0 Å². The highest BCUT2D eigenvalue weighted by atomic mass is 35.5. The topological polar surface area (TPSA) is 67.8 Å². The fraction of sp³-hybridized carbons (Fsp3) is 0.400. The first kappa shape index (κ1) is 17.2. The molecule has 0 radical (unpaired) electrons. The number of rotatable bonds is 7. The van der Waals surface area contributed by atoms with Gasteiger partial charge in [0.25, 0.3) is 5.91 Å². The van der Waals surface area contributed by atoms with E-state index in [1.807, 2.05) is 6.92 Å². The quantitative estimate of drug-likeness (QED) is 0.477. The first-order valence-electron chi connectivity index (χ1n) is 6.55. The molecule has 0 spiro atoms. The molecule has 0 aliphatic heterocycles. The Morgan fingerprint density at radius 3 is 2.76 bits per heavy atom. The van der Waals surface area contributed by atoms with Gasteiger partial charge in [0.1, 0.15) is 7.11 Å². The van der Waals surface area contributed by atoms with E-state index in [0.717, 1.165) is 5.56 Å². The Morgan fingerprint density at radius 2 is 2.19 bits per heavy atom. The molecule has 1 rings (SSSR count). The van der Waals surface area contributed by atoms with Gasteiger partial charge in [-0.15, -0.1) is 11.6 Å². The predicted molar refractivity (Wildman–Crippen MR) is 82.9 cm³/mol. The molecular weight excluding hydrogens is 292 g/mol. The summed E-state index contributed by atoms with van der Waals surface area (Å²) in [6.07, 6.45) is 1.97. The van der Waals surface area contributed by atoms with E-state index in [-0.39, 0.29) is 17.6 Å². The Balaban J connectivity index is 2.93. The van der Waals surface area contributed by atoms with E-state index >= 15 is 0 Å². The van der Waals surface area contributed by atoms with Gasteiger partial charge in [-0.2, -0.15) is 0 Å². The molecule has 1 aromatic carbocycles. The molecule has 1 N–H and O–H groups in total. The summed E-state index contributed by atoms with van der Waals surface area (Å²) in [5.41, 5.74) is 0.207. The van der Waals surface area contributed by atoms with Crippen LogP contribution in [0.2, 0.25) is 0 Å². The summed E-state index contributed by atoms with van der Waals surface area (Å²) in [6.45, 7) is 3.50. The molecule has 6 heteroatoms. The van der Waals surface area contributed by atoms with Crippen LogP contribution in [-0.2, 0) is 9.63 Å². The second kappa shape index (κ2) is 7.78. The van der Waals surface area contributed by atoms with Gasteiger partial charge in [0, 0.05) is 5.56 Å². The van der Waals surface area contributed by atoms with Crippen LogP contribution in [0.1, 0.15) is 36.2 Å². The number of benzene rings is 1. The molecular formula is C15H19ClN2O3. The van der Waals surface area contributed by atoms with Crippen molar-refractivity contribution in [2.45, 2.75) is 25.8 Å². The van der Waals surface area contributed by atoms with Crippen LogP contribution in [0.5, 0.6) is 0 Å². The second-order valence-corrected chi connectivity index (χ2v) is 5.01. The minimum Gasteiger partial charge on any atom is -0.399 e. The Hall–Kier alpha value is -1.88. The molecule has 21 heavy (non-hydrogen) atoms. The molecule has 5 nitrogen and oxygen atoms in total. The van der Waals surface area contributed by atoms with Crippen molar-refractivity contribution in [2.24, 2.45) is 5.16 Å². The molecule has 0 fully saturated rings. The third-order valence-corrected chi connectivity index (χ3v) is 3.53. The van der Waals surface area contributed by atoms with Gasteiger partial charge < -0.3 is 10.2 Å². The molecule has 0 aliphatic rings. The molecule has 0 aliphatic carbocycles. The van der Waals surface area contributed by atoms with Crippen molar-refractivity contribution in [1.29, 1.82) is 0 Å². The lowest BCUT2D eigenvalue weighted by molar-refractivity contribution is -0.122. The summed E-state index contributed by atoms with van der Waals surface area (Å²) in [4.78, 5) is 28.7. The zero-order valence-corrected chi connectivity index (χ0v) is 13.1. The minimum absolute atomic E-state index is 0.134. The largest absolute Gasteiger partial charge is 0.399 e. The lowest BCUT2D eigenvalue weighted by Crippen LogP contribution is -2.52. The Labute approximate surface area is 129 Å². The van der Waals surface area contributed by atoms with Crippen LogP contribution in [0.25, 0.3) is 0 Å². The van der Waals surface area contributed by atoms with E-state index in [9.17, 15) is 9.59 Å². The van der Waals surface area contributed by atoms with Crippen molar-refractivity contribution in [3.05, 3.63) is 35.4 Å². The van der Waals surface area contributed by atoms with Crippen molar-refractivity contribution in [1.82, 2.24) is 5.32 Å². The van der Waals surface area contributed by atoms with Crippen molar-refractivity contribution < 1.29 is 14.4 Å². The van der Waals surface area contributed by atoms with Gasteiger partial charge in [-0.3, -0.25) is 9.59 Å². The summed E-state index contributed by atoms with van der Waals surface area (Å²) in [7, 11) is 1.44. The number of amides is 1. The smallest absolute Gasteiger partial charge is 0.252 e. The first-order valence-corrected chi connectivity index (χ1v) is 7.08. The maximum absolute atomic E-state index is 12.3. The van der Waals surface area contributed by atoms with E-state index in [4.69, 9.17) is 11.6 Å². The number of carbonyl (C=O) groups excluding carboxylic acids is 2. The van der Waals surface area contributed by atoms with E-state index in [1.165, 1.54) is 13.3 Å². The summed E-state index contributed by atoms with van der Waals surface area (Å²) in [5, 5.41) is 6.39. The molecule has 0 bridgehead atoms. The molecule has 114 valence electrons. The Bertz CT molecular complexity index is 545. The van der Waals surface area contributed by atoms with Crippen LogP contribution < -0.4 is 5.32 Å². The van der Waals surface area contributed by atoms with Crippen LogP contribution in [0.3, 0.4) is 0 Å². The summed E-state index contributed by atoms with van der Waals surface area (Å²) >= 11 is 5.59. The highest BCUT2D eigenvalue weighted by Crippen LogP contribution is 2.14. The Kier molecular flexibility index (Phi) is 6.37. The van der Waals surface area contributed by atoms with Crippen molar-refractivity contribution in [2.75, 3.05) is 13.0 Å². The van der Waals surface area contributed by atoms with Gasteiger partial charge in [-0.25, -0.2) is 0 Å². The SMILES string of the molecule is CCC(C)(NC(=O)c1cccc(C=NOC)c1)C(=O)CCl. The summed E-state index contributed by atoms with van der Waals surface area (Å²) in [6, 6.07) is 6.86. The standard InChI is InChI=1S/C15H19ClN2O3/c1-4-15(2,13(19)9-16)18-14(20)12-7-5-6-11(8-12)10-17-21-3/h5-8,10H,4,9H2,1-3H3,(H,18,20). The zero-order chi connectivity index (χ0) is 15.9. The fourth-order valence-corrected chi connectivity index (χ4v) is 1.99. The van der Waals surface area contributed by atoms with Crippen LogP contribution in [0.4, 0.5) is 0 Å². The third kappa shape index (κ3) is 4.56. The molecule has 1 atom stereocenters. The van der Waals surface area contributed by atoms with Crippen molar-refractivity contribution in [3.63, 3.8) is 0 Å². The molecule has 0 saturated carbocycles. The number of ketones is 1. The normalized spacial score (nSPS) is 13.7.